The lowest BCUT2D eigenvalue weighted by atomic mass is 10.0. The molecule has 0 aromatic carbocycles. The number of hydrogen-bond donors (Lipinski definition) is 2. The Balaban J connectivity index is 2.12. The van der Waals surface area contributed by atoms with E-state index in [0.29, 0.717) is 6.54 Å². The van der Waals surface area contributed by atoms with E-state index in [1.165, 1.54) is 0 Å². The van der Waals surface area contributed by atoms with Gasteiger partial charge in [-0.3, -0.25) is 4.79 Å². The highest BCUT2D eigenvalue weighted by atomic mass is 19.3. The maximum absolute atomic E-state index is 13.5. The molecule has 4 nitrogen and oxygen atoms in total. The minimum absolute atomic E-state index is 0.236. The van der Waals surface area contributed by atoms with Crippen molar-refractivity contribution in [3.63, 3.8) is 0 Å². The summed E-state index contributed by atoms with van der Waals surface area (Å²) in [5.74, 6) is -3.44. The Labute approximate surface area is 86.2 Å². The van der Waals surface area contributed by atoms with Gasteiger partial charge in [0.25, 0.3) is 11.8 Å². The predicted octanol–water partition coefficient (Wildman–Crippen LogP) is -0.423. The molecule has 2 atom stereocenters. The second-order valence-corrected chi connectivity index (χ2v) is 4.08. The number of nitrogens with zero attached hydrogens (tertiary/aromatic N) is 1. The third-order valence-electron chi connectivity index (χ3n) is 3.03. The van der Waals surface area contributed by atoms with Crippen molar-refractivity contribution in [2.45, 2.75) is 30.9 Å². The van der Waals surface area contributed by atoms with Gasteiger partial charge in [0.2, 0.25) is 0 Å². The Kier molecular flexibility index (Phi) is 2.64. The van der Waals surface area contributed by atoms with Gasteiger partial charge in [-0.25, -0.2) is 8.78 Å². The van der Waals surface area contributed by atoms with Crippen molar-refractivity contribution >= 4 is 5.91 Å². The molecule has 0 aromatic heterocycles. The molecular formula is C9H14F2N2O2. The molecule has 0 unspecified atom stereocenters. The molecule has 0 aliphatic carbocycles. The molecule has 1 amide bonds. The number of carbonyl (C=O) groups excluding carboxylic acids is 1. The predicted molar refractivity (Wildman–Crippen MR) is 48.6 cm³/mol. The highest BCUT2D eigenvalue weighted by molar-refractivity contribution is 5.83. The fourth-order valence-electron chi connectivity index (χ4n) is 2.20. The van der Waals surface area contributed by atoms with Crippen LogP contribution >= 0.6 is 0 Å². The van der Waals surface area contributed by atoms with Crippen LogP contribution in [-0.2, 0) is 4.79 Å². The molecule has 2 fully saturated rings. The van der Waals surface area contributed by atoms with Crippen molar-refractivity contribution in [3.8, 4) is 0 Å². The second kappa shape index (κ2) is 3.68. The number of rotatable bonds is 1. The number of aliphatic hydroxyl groups excluding tert-OH is 1. The molecule has 0 spiro atoms. The Morgan fingerprint density at radius 1 is 1.47 bits per heavy atom. The summed E-state index contributed by atoms with van der Waals surface area (Å²) in [4.78, 5) is 12.5. The number of nitrogens with one attached hydrogen (secondary N) is 1. The van der Waals surface area contributed by atoms with Crippen LogP contribution in [0.5, 0.6) is 0 Å². The Bertz CT molecular complexity index is 273. The SMILES string of the molecule is O=C1[C@H](O)CCN1[C@H]1CCNCC1(F)F. The van der Waals surface area contributed by atoms with Gasteiger partial charge in [-0.05, 0) is 19.4 Å². The zero-order valence-corrected chi connectivity index (χ0v) is 8.25. The molecule has 2 saturated heterocycles. The normalized spacial score (nSPS) is 35.9. The third-order valence-corrected chi connectivity index (χ3v) is 3.03. The van der Waals surface area contributed by atoms with Crippen molar-refractivity contribution in [1.29, 1.82) is 0 Å². The monoisotopic (exact) mass is 220 g/mol. The van der Waals surface area contributed by atoms with Crippen LogP contribution in [0.3, 0.4) is 0 Å². The number of amides is 1. The first-order chi connectivity index (χ1) is 7.02. The van der Waals surface area contributed by atoms with E-state index >= 15 is 0 Å². The van der Waals surface area contributed by atoms with Gasteiger partial charge in [-0.2, -0.15) is 0 Å². The highest BCUT2D eigenvalue weighted by Crippen LogP contribution is 2.30. The zero-order valence-electron chi connectivity index (χ0n) is 8.25. The van der Waals surface area contributed by atoms with Gasteiger partial charge in [0, 0.05) is 6.54 Å². The van der Waals surface area contributed by atoms with E-state index in [1.807, 2.05) is 0 Å². The van der Waals surface area contributed by atoms with E-state index in [0.717, 1.165) is 4.90 Å². The van der Waals surface area contributed by atoms with Crippen LogP contribution in [0.25, 0.3) is 0 Å². The fourth-order valence-corrected chi connectivity index (χ4v) is 2.20. The molecule has 0 saturated carbocycles. The quantitative estimate of drug-likeness (QED) is 0.631. The Hall–Kier alpha value is -0.750. The van der Waals surface area contributed by atoms with E-state index in [9.17, 15) is 18.7 Å². The minimum atomic E-state index is -2.89. The summed E-state index contributed by atoms with van der Waals surface area (Å²) in [6.45, 7) is 0.331. The van der Waals surface area contributed by atoms with Crippen LogP contribution in [0, 0.1) is 0 Å². The summed E-state index contributed by atoms with van der Waals surface area (Å²) >= 11 is 0. The standard InChI is InChI=1S/C9H14F2N2O2/c10-9(11)5-12-3-1-7(9)13-4-2-6(14)8(13)15/h6-7,12,14H,1-5H2/t6-,7+/m1/s1. The largest absolute Gasteiger partial charge is 0.383 e. The molecule has 2 aliphatic heterocycles. The van der Waals surface area contributed by atoms with Gasteiger partial charge in [0.05, 0.1) is 12.6 Å². The van der Waals surface area contributed by atoms with E-state index < -0.39 is 30.5 Å². The summed E-state index contributed by atoms with van der Waals surface area (Å²) in [5, 5.41) is 11.8. The number of piperidine rings is 1. The van der Waals surface area contributed by atoms with Gasteiger partial charge in [0.1, 0.15) is 6.10 Å². The summed E-state index contributed by atoms with van der Waals surface area (Å²) in [6.07, 6.45) is -0.583. The van der Waals surface area contributed by atoms with Crippen molar-refractivity contribution in [3.05, 3.63) is 0 Å². The number of hydrogen-bond acceptors (Lipinski definition) is 3. The number of likely N-dealkylation sites (tertiary alicyclic amines) is 1. The smallest absolute Gasteiger partial charge is 0.280 e. The molecule has 0 aromatic rings. The maximum Gasteiger partial charge on any atom is 0.280 e. The van der Waals surface area contributed by atoms with Crippen molar-refractivity contribution in [2.24, 2.45) is 0 Å². The van der Waals surface area contributed by atoms with Crippen LogP contribution < -0.4 is 5.32 Å². The Morgan fingerprint density at radius 2 is 2.20 bits per heavy atom. The van der Waals surface area contributed by atoms with E-state index in [1.54, 1.807) is 0 Å². The van der Waals surface area contributed by atoms with Gasteiger partial charge in [-0.1, -0.05) is 0 Å². The molecule has 0 radical (unpaired) electrons. The molecule has 6 heteroatoms. The van der Waals surface area contributed by atoms with Gasteiger partial charge < -0.3 is 15.3 Å². The van der Waals surface area contributed by atoms with Crippen molar-refractivity contribution in [1.82, 2.24) is 10.2 Å². The van der Waals surface area contributed by atoms with Crippen LogP contribution in [0.4, 0.5) is 8.78 Å². The average Bonchev–Trinajstić information content (AvgIpc) is 2.48. The molecule has 2 heterocycles. The lowest BCUT2D eigenvalue weighted by Gasteiger charge is -2.37. The fraction of sp³-hybridized carbons (Fsp3) is 0.889. The number of alkyl halides is 2. The topological polar surface area (TPSA) is 52.6 Å². The highest BCUT2D eigenvalue weighted by Gasteiger charge is 2.49. The number of halogens is 2. The van der Waals surface area contributed by atoms with Crippen molar-refractivity contribution < 1.29 is 18.7 Å². The number of carbonyl (C=O) groups is 1. The third kappa shape index (κ3) is 1.83. The summed E-state index contributed by atoms with van der Waals surface area (Å²) < 4.78 is 27.0. The summed E-state index contributed by atoms with van der Waals surface area (Å²) in [6, 6.07) is -1.05. The van der Waals surface area contributed by atoms with Crippen LogP contribution in [0.1, 0.15) is 12.8 Å². The first-order valence-electron chi connectivity index (χ1n) is 5.09. The lowest BCUT2D eigenvalue weighted by molar-refractivity contribution is -0.148. The van der Waals surface area contributed by atoms with Gasteiger partial charge in [0.15, 0.2) is 0 Å². The second-order valence-electron chi connectivity index (χ2n) is 4.08. The van der Waals surface area contributed by atoms with E-state index in [2.05, 4.69) is 5.32 Å². The zero-order chi connectivity index (χ0) is 11.1. The Morgan fingerprint density at radius 3 is 2.73 bits per heavy atom. The van der Waals surface area contributed by atoms with Gasteiger partial charge >= 0.3 is 0 Å². The summed E-state index contributed by atoms with van der Waals surface area (Å²) in [5.41, 5.74) is 0. The molecular weight excluding hydrogens is 206 g/mol. The van der Waals surface area contributed by atoms with E-state index in [-0.39, 0.29) is 19.4 Å². The maximum atomic E-state index is 13.5. The van der Waals surface area contributed by atoms with Gasteiger partial charge in [-0.15, -0.1) is 0 Å². The van der Waals surface area contributed by atoms with Crippen LogP contribution in [-0.4, -0.2) is 53.6 Å². The molecule has 15 heavy (non-hydrogen) atoms. The van der Waals surface area contributed by atoms with E-state index in [4.69, 9.17) is 0 Å². The summed E-state index contributed by atoms with van der Waals surface area (Å²) in [7, 11) is 0. The molecule has 2 aliphatic rings. The lowest BCUT2D eigenvalue weighted by Crippen LogP contribution is -2.58. The molecule has 0 bridgehead atoms. The first kappa shape index (κ1) is 10.8. The van der Waals surface area contributed by atoms with Crippen LogP contribution in [0.15, 0.2) is 0 Å². The average molecular weight is 220 g/mol. The molecule has 2 N–H and O–H groups in total. The minimum Gasteiger partial charge on any atom is -0.383 e. The molecule has 86 valence electrons. The molecule has 2 rings (SSSR count). The number of aliphatic hydroxyl groups is 1. The van der Waals surface area contributed by atoms with Crippen molar-refractivity contribution in [2.75, 3.05) is 19.6 Å². The van der Waals surface area contributed by atoms with Crippen LogP contribution in [0.2, 0.25) is 0 Å². The first-order valence-corrected chi connectivity index (χ1v) is 5.09.